The fourth-order valence-electron chi connectivity index (χ4n) is 0.194. The van der Waals surface area contributed by atoms with Gasteiger partial charge in [0.2, 0.25) is 0 Å². The maximum atomic E-state index is 9.60. The van der Waals surface area contributed by atoms with Crippen LogP contribution < -0.4 is 0 Å². The zero-order chi connectivity index (χ0) is 21.6. The molecule has 0 aromatic rings. The molecule has 0 bridgehead atoms. The van der Waals surface area contributed by atoms with E-state index in [1.807, 2.05) is 20.8 Å². The van der Waals surface area contributed by atoms with Crippen LogP contribution in [-0.2, 0) is 46.8 Å². The van der Waals surface area contributed by atoms with Gasteiger partial charge in [-0.05, 0) is 24.9 Å². The SMILES string of the molecule is C=C(C)C(=O)O.C=C(C)[C-]=O.C=C(C)[C-]=O.CC(C)(C)COO.[O]=[Zr+2]. The van der Waals surface area contributed by atoms with E-state index in [4.69, 9.17) is 13.2 Å². The first-order valence-electron chi connectivity index (χ1n) is 6.68. The van der Waals surface area contributed by atoms with Crippen LogP contribution >= 0.6 is 0 Å². The second-order valence-electron chi connectivity index (χ2n) is 5.68. The minimum atomic E-state index is -0.935. The Kier molecular flexibility index (Phi) is 34.7. The molecule has 0 atom stereocenters. The van der Waals surface area contributed by atoms with Gasteiger partial charge in [0.1, 0.15) is 0 Å². The minimum absolute atomic E-state index is 0.0781. The quantitative estimate of drug-likeness (QED) is 0.301. The number of aliphatic carboxylic acids is 1. The molecule has 8 heteroatoms. The van der Waals surface area contributed by atoms with Gasteiger partial charge in [0, 0.05) is 5.57 Å². The third kappa shape index (κ3) is 85.2. The molecule has 0 spiro atoms. The fourth-order valence-corrected chi connectivity index (χ4v) is 0.194. The summed E-state index contributed by atoms with van der Waals surface area (Å²) >= 11 is 0.300. The molecule has 0 amide bonds. The number of carboxylic acids is 1. The zero-order valence-corrected chi connectivity index (χ0v) is 18.2. The van der Waals surface area contributed by atoms with Crippen molar-refractivity contribution in [1.29, 1.82) is 0 Å². The van der Waals surface area contributed by atoms with Crippen LogP contribution in [0.25, 0.3) is 0 Å². The summed E-state index contributed by atoms with van der Waals surface area (Å²) < 4.78 is 8.34. The van der Waals surface area contributed by atoms with E-state index in [-0.39, 0.29) is 11.0 Å². The van der Waals surface area contributed by atoms with Crippen LogP contribution in [0.5, 0.6) is 0 Å². The van der Waals surface area contributed by atoms with Crippen LogP contribution in [0.15, 0.2) is 36.5 Å². The van der Waals surface area contributed by atoms with E-state index in [1.165, 1.54) is 6.92 Å². The number of hydrogen-bond acceptors (Lipinski definition) is 6. The van der Waals surface area contributed by atoms with Gasteiger partial charge in [0.25, 0.3) is 0 Å². The van der Waals surface area contributed by atoms with Crippen molar-refractivity contribution in [2.45, 2.75) is 41.5 Å². The summed E-state index contributed by atoms with van der Waals surface area (Å²) in [6, 6.07) is 0. The molecule has 0 saturated heterocycles. The van der Waals surface area contributed by atoms with Crippen LogP contribution in [0.2, 0.25) is 0 Å². The predicted octanol–water partition coefficient (Wildman–Crippen LogP) is 3.39. The third-order valence-electron chi connectivity index (χ3n) is 1.21. The standard InChI is InChI=1S/C5H12O2.C4H6O2.2C4H5O.O.Zr/c1-5(2,3)4-7-6;1-3(2)4(5)6;2*1-4(2)3-5;;/h6H,4H2,1-3H3;1H2,2H3,(H,5,6);2*1H2,2H3;;/q;;2*-1;;+2. The Balaban J connectivity index is -0.0000000693. The fraction of sp³-hybridized carbons (Fsp3) is 0.471. The zero-order valence-electron chi connectivity index (χ0n) is 15.8. The van der Waals surface area contributed by atoms with E-state index in [0.29, 0.717) is 42.5 Å². The first kappa shape index (κ1) is 34.9. The molecule has 0 heterocycles. The molecule has 0 rings (SSSR count). The number of carboxylic acid groups (broad SMARTS) is 1. The number of carbonyl (C=O) groups is 1. The van der Waals surface area contributed by atoms with E-state index in [1.54, 1.807) is 26.4 Å². The molecular formula is C17H28O7Zr. The van der Waals surface area contributed by atoms with Gasteiger partial charge in [0.05, 0.1) is 6.61 Å². The molecule has 0 radical (unpaired) electrons. The Bertz CT molecular complexity index is 380. The van der Waals surface area contributed by atoms with Crippen molar-refractivity contribution in [3.05, 3.63) is 36.5 Å². The van der Waals surface area contributed by atoms with Crippen LogP contribution in [0.3, 0.4) is 0 Å². The van der Waals surface area contributed by atoms with Gasteiger partial charge < -0.3 is 14.7 Å². The second kappa shape index (κ2) is 24.9. The van der Waals surface area contributed by atoms with Crippen molar-refractivity contribution in [1.82, 2.24) is 0 Å². The van der Waals surface area contributed by atoms with Crippen molar-refractivity contribution in [2.75, 3.05) is 6.61 Å². The average molecular weight is 436 g/mol. The van der Waals surface area contributed by atoms with Gasteiger partial charge in [-0.15, -0.1) is 0 Å². The maximum absolute atomic E-state index is 9.60. The molecular weight excluding hydrogens is 407 g/mol. The topological polar surface area (TPSA) is 118 Å². The van der Waals surface area contributed by atoms with E-state index >= 15 is 0 Å². The number of carbonyl (C=O) groups excluding carboxylic acids is 2. The van der Waals surface area contributed by atoms with Crippen LogP contribution in [0.4, 0.5) is 0 Å². The van der Waals surface area contributed by atoms with Gasteiger partial charge >= 0.3 is 33.5 Å². The molecule has 0 aliphatic rings. The van der Waals surface area contributed by atoms with Crippen LogP contribution in [0.1, 0.15) is 41.5 Å². The molecule has 7 nitrogen and oxygen atoms in total. The van der Waals surface area contributed by atoms with Crippen molar-refractivity contribution >= 4 is 18.5 Å². The summed E-state index contributed by atoms with van der Waals surface area (Å²) in [5, 5.41) is 15.8. The average Bonchev–Trinajstić information content (AvgIpc) is 2.49. The van der Waals surface area contributed by atoms with Crippen molar-refractivity contribution in [3.63, 3.8) is 0 Å². The van der Waals surface area contributed by atoms with Gasteiger partial charge in [-0.3, -0.25) is 5.26 Å². The number of hydrogen-bond donors (Lipinski definition) is 2. The molecule has 0 aliphatic heterocycles. The molecule has 25 heavy (non-hydrogen) atoms. The van der Waals surface area contributed by atoms with E-state index in [0.717, 1.165) is 0 Å². The molecule has 0 aliphatic carbocycles. The Morgan fingerprint density at radius 2 is 1.20 bits per heavy atom. The molecule has 142 valence electrons. The first-order valence-corrected chi connectivity index (χ1v) is 7.68. The molecule has 2 N–H and O–H groups in total. The Morgan fingerprint density at radius 1 is 1.00 bits per heavy atom. The van der Waals surface area contributed by atoms with Crippen LogP contribution in [0, 0.1) is 5.41 Å². The summed E-state index contributed by atoms with van der Waals surface area (Å²) in [6.07, 6.45) is 3.17. The Hall–Kier alpha value is -1.37. The molecule has 0 fully saturated rings. The van der Waals surface area contributed by atoms with E-state index < -0.39 is 5.97 Å². The van der Waals surface area contributed by atoms with E-state index in [9.17, 15) is 14.4 Å². The van der Waals surface area contributed by atoms with Gasteiger partial charge in [-0.1, -0.05) is 41.2 Å². The number of allylic oxidation sites excluding steroid dienone is 2. The summed E-state index contributed by atoms with van der Waals surface area (Å²) in [5.74, 6) is -0.935. The summed E-state index contributed by atoms with van der Waals surface area (Å²) in [5.41, 5.74) is 1.15. The monoisotopic (exact) mass is 434 g/mol. The second-order valence-corrected chi connectivity index (χ2v) is 5.68. The van der Waals surface area contributed by atoms with Crippen LogP contribution in [-0.4, -0.2) is 35.5 Å². The number of rotatable bonds is 4. The Morgan fingerprint density at radius 3 is 1.20 bits per heavy atom. The molecule has 0 saturated carbocycles. The van der Waals surface area contributed by atoms with Gasteiger partial charge in [-0.25, -0.2) is 22.8 Å². The summed E-state index contributed by atoms with van der Waals surface area (Å²) in [6.45, 7) is 20.7. The van der Waals surface area contributed by atoms with Crippen molar-refractivity contribution in [2.24, 2.45) is 5.41 Å². The molecule has 0 aromatic carbocycles. The van der Waals surface area contributed by atoms with Crippen molar-refractivity contribution < 1.29 is 57.2 Å². The summed E-state index contributed by atoms with van der Waals surface area (Å²) in [7, 11) is 0. The van der Waals surface area contributed by atoms with Crippen molar-refractivity contribution in [3.8, 4) is 0 Å². The van der Waals surface area contributed by atoms with E-state index in [2.05, 4.69) is 24.6 Å². The molecule has 0 unspecified atom stereocenters. The Labute approximate surface area is 165 Å². The molecule has 0 aromatic heterocycles. The van der Waals surface area contributed by atoms with Gasteiger partial charge in [0.15, 0.2) is 0 Å². The van der Waals surface area contributed by atoms with Gasteiger partial charge in [-0.2, -0.15) is 11.1 Å². The summed E-state index contributed by atoms with van der Waals surface area (Å²) in [4.78, 5) is 32.1. The third-order valence-corrected chi connectivity index (χ3v) is 1.21. The predicted molar refractivity (Wildman–Crippen MR) is 92.2 cm³/mol. The normalized spacial score (nSPS) is 8.04. The first-order chi connectivity index (χ1) is 11.2.